The van der Waals surface area contributed by atoms with E-state index in [1.165, 1.54) is 0 Å². The summed E-state index contributed by atoms with van der Waals surface area (Å²) >= 11 is 0. The molecule has 5 heteroatoms. The van der Waals surface area contributed by atoms with Gasteiger partial charge in [-0.1, -0.05) is 12.1 Å². The summed E-state index contributed by atoms with van der Waals surface area (Å²) in [7, 11) is 0. The van der Waals surface area contributed by atoms with Crippen molar-refractivity contribution in [2.24, 2.45) is 0 Å². The van der Waals surface area contributed by atoms with E-state index in [0.29, 0.717) is 12.1 Å². The van der Waals surface area contributed by atoms with Gasteiger partial charge in [0.25, 0.3) is 5.91 Å². The van der Waals surface area contributed by atoms with Crippen LogP contribution in [-0.4, -0.2) is 28.5 Å². The quantitative estimate of drug-likeness (QED) is 0.685. The highest BCUT2D eigenvalue weighted by Crippen LogP contribution is 2.15. The highest BCUT2D eigenvalue weighted by Gasteiger charge is 2.10. The summed E-state index contributed by atoms with van der Waals surface area (Å²) in [4.78, 5) is 19.4. The van der Waals surface area contributed by atoms with Gasteiger partial charge in [-0.25, -0.2) is 4.98 Å². The van der Waals surface area contributed by atoms with Crippen molar-refractivity contribution in [2.75, 3.05) is 11.9 Å². The van der Waals surface area contributed by atoms with Crippen LogP contribution in [0.1, 0.15) is 36.5 Å². The summed E-state index contributed by atoms with van der Waals surface area (Å²) in [5, 5.41) is 6.25. The summed E-state index contributed by atoms with van der Waals surface area (Å²) in [5.74, 6) is 0.907. The lowest BCUT2D eigenvalue weighted by Crippen LogP contribution is -2.26. The standard InChI is InChI=1S/C16H22N4O/c1-12(2)20-14-7-4-3-6-13(14)16(21)19-9-5-8-15-17-10-11-18-15/h3-4,6-7,10-12,20H,5,8-9H2,1-2H3,(H,17,18)(H,19,21). The molecule has 0 bridgehead atoms. The number of amides is 1. The smallest absolute Gasteiger partial charge is 0.253 e. The Morgan fingerprint density at radius 3 is 2.86 bits per heavy atom. The van der Waals surface area contributed by atoms with Gasteiger partial charge in [-0.2, -0.15) is 0 Å². The van der Waals surface area contributed by atoms with E-state index in [9.17, 15) is 4.79 Å². The Balaban J connectivity index is 1.85. The van der Waals surface area contributed by atoms with Crippen molar-refractivity contribution in [2.45, 2.75) is 32.7 Å². The number of nitrogens with one attached hydrogen (secondary N) is 3. The van der Waals surface area contributed by atoms with Crippen molar-refractivity contribution >= 4 is 11.6 Å². The highest BCUT2D eigenvalue weighted by molar-refractivity contribution is 5.99. The number of H-pyrrole nitrogens is 1. The molecule has 0 saturated carbocycles. The van der Waals surface area contributed by atoms with Gasteiger partial charge in [0.2, 0.25) is 0 Å². The molecule has 2 aromatic rings. The molecule has 1 heterocycles. The predicted molar refractivity (Wildman–Crippen MR) is 84.4 cm³/mol. The Morgan fingerprint density at radius 2 is 2.14 bits per heavy atom. The molecule has 0 aliphatic carbocycles. The molecule has 0 saturated heterocycles. The molecule has 3 N–H and O–H groups in total. The summed E-state index contributed by atoms with van der Waals surface area (Å²) in [6.07, 6.45) is 5.24. The maximum Gasteiger partial charge on any atom is 0.253 e. The molecule has 2 rings (SSSR count). The fraction of sp³-hybridized carbons (Fsp3) is 0.375. The van der Waals surface area contributed by atoms with Gasteiger partial charge in [0.05, 0.1) is 5.56 Å². The molecule has 1 amide bonds. The first-order valence-electron chi connectivity index (χ1n) is 7.29. The number of para-hydroxylation sites is 1. The lowest BCUT2D eigenvalue weighted by Gasteiger charge is -2.14. The summed E-state index contributed by atoms with van der Waals surface area (Å²) in [6.45, 7) is 4.74. The number of carbonyl (C=O) groups is 1. The van der Waals surface area contributed by atoms with Gasteiger partial charge in [0.15, 0.2) is 0 Å². The molecule has 0 aliphatic rings. The third-order valence-electron chi connectivity index (χ3n) is 3.05. The molecule has 21 heavy (non-hydrogen) atoms. The van der Waals surface area contributed by atoms with Crippen LogP contribution in [0, 0.1) is 0 Å². The van der Waals surface area contributed by atoms with Crippen molar-refractivity contribution in [3.8, 4) is 0 Å². The number of hydrogen-bond donors (Lipinski definition) is 3. The zero-order valence-electron chi connectivity index (χ0n) is 12.5. The minimum absolute atomic E-state index is 0.0433. The molecule has 0 atom stereocenters. The molecule has 1 aromatic carbocycles. The number of anilines is 1. The molecule has 0 aliphatic heterocycles. The minimum Gasteiger partial charge on any atom is -0.382 e. The predicted octanol–water partition coefficient (Wildman–Crippen LogP) is 2.59. The van der Waals surface area contributed by atoms with Crippen LogP contribution in [-0.2, 0) is 6.42 Å². The average molecular weight is 286 g/mol. The fourth-order valence-electron chi connectivity index (χ4n) is 2.11. The van der Waals surface area contributed by atoms with E-state index in [2.05, 4.69) is 34.4 Å². The van der Waals surface area contributed by atoms with E-state index < -0.39 is 0 Å². The SMILES string of the molecule is CC(C)Nc1ccccc1C(=O)NCCCc1ncc[nH]1. The summed E-state index contributed by atoms with van der Waals surface area (Å²) in [5.41, 5.74) is 1.56. The largest absolute Gasteiger partial charge is 0.382 e. The lowest BCUT2D eigenvalue weighted by atomic mass is 10.1. The fourth-order valence-corrected chi connectivity index (χ4v) is 2.11. The molecule has 0 spiro atoms. The Hall–Kier alpha value is -2.30. The zero-order chi connectivity index (χ0) is 15.1. The molecule has 0 fully saturated rings. The van der Waals surface area contributed by atoms with Gasteiger partial charge in [-0.15, -0.1) is 0 Å². The number of hydrogen-bond acceptors (Lipinski definition) is 3. The zero-order valence-corrected chi connectivity index (χ0v) is 12.5. The Morgan fingerprint density at radius 1 is 1.33 bits per heavy atom. The van der Waals surface area contributed by atoms with Crippen molar-refractivity contribution in [3.05, 3.63) is 48.0 Å². The van der Waals surface area contributed by atoms with Crippen molar-refractivity contribution in [3.63, 3.8) is 0 Å². The molecule has 0 radical (unpaired) electrons. The van der Waals surface area contributed by atoms with E-state index in [1.54, 1.807) is 6.20 Å². The van der Waals surface area contributed by atoms with Gasteiger partial charge in [0, 0.05) is 37.1 Å². The van der Waals surface area contributed by atoms with Crippen LogP contribution in [0.4, 0.5) is 5.69 Å². The number of aromatic nitrogens is 2. The molecule has 5 nitrogen and oxygen atoms in total. The van der Waals surface area contributed by atoms with E-state index in [0.717, 1.165) is 24.4 Å². The van der Waals surface area contributed by atoms with Crippen LogP contribution in [0.15, 0.2) is 36.7 Å². The van der Waals surface area contributed by atoms with Gasteiger partial charge < -0.3 is 15.6 Å². The van der Waals surface area contributed by atoms with E-state index in [4.69, 9.17) is 0 Å². The molecule has 1 aromatic heterocycles. The molecular formula is C16H22N4O. The van der Waals surface area contributed by atoms with E-state index in [1.807, 2.05) is 30.5 Å². The topological polar surface area (TPSA) is 69.8 Å². The van der Waals surface area contributed by atoms with Gasteiger partial charge >= 0.3 is 0 Å². The first-order valence-corrected chi connectivity index (χ1v) is 7.29. The van der Waals surface area contributed by atoms with Crippen LogP contribution >= 0.6 is 0 Å². The number of imidazole rings is 1. The highest BCUT2D eigenvalue weighted by atomic mass is 16.1. The monoisotopic (exact) mass is 286 g/mol. The summed E-state index contributed by atoms with van der Waals surface area (Å²) < 4.78 is 0. The van der Waals surface area contributed by atoms with Crippen LogP contribution < -0.4 is 10.6 Å². The van der Waals surface area contributed by atoms with Crippen LogP contribution in [0.3, 0.4) is 0 Å². The Bertz CT molecular complexity index is 563. The number of carbonyl (C=O) groups excluding carboxylic acids is 1. The average Bonchev–Trinajstić information content (AvgIpc) is 2.96. The van der Waals surface area contributed by atoms with Crippen molar-refractivity contribution in [1.82, 2.24) is 15.3 Å². The van der Waals surface area contributed by atoms with E-state index in [-0.39, 0.29) is 11.9 Å². The first-order chi connectivity index (χ1) is 10.2. The van der Waals surface area contributed by atoms with Crippen molar-refractivity contribution in [1.29, 1.82) is 0 Å². The number of aromatic amines is 1. The molecule has 0 unspecified atom stereocenters. The van der Waals surface area contributed by atoms with Gasteiger partial charge in [0.1, 0.15) is 5.82 Å². The van der Waals surface area contributed by atoms with Crippen LogP contribution in [0.2, 0.25) is 0 Å². The Kier molecular flexibility index (Phi) is 5.37. The normalized spacial score (nSPS) is 10.6. The number of aryl methyl sites for hydroxylation is 1. The summed E-state index contributed by atoms with van der Waals surface area (Å²) in [6, 6.07) is 7.87. The third-order valence-corrected chi connectivity index (χ3v) is 3.05. The maximum absolute atomic E-state index is 12.2. The maximum atomic E-state index is 12.2. The number of nitrogens with zero attached hydrogens (tertiary/aromatic N) is 1. The molecule has 112 valence electrons. The van der Waals surface area contributed by atoms with Crippen molar-refractivity contribution < 1.29 is 4.79 Å². The minimum atomic E-state index is -0.0433. The van der Waals surface area contributed by atoms with Gasteiger partial charge in [-0.3, -0.25) is 4.79 Å². The number of rotatable bonds is 7. The Labute approximate surface area is 125 Å². The van der Waals surface area contributed by atoms with E-state index >= 15 is 0 Å². The lowest BCUT2D eigenvalue weighted by molar-refractivity contribution is 0.0954. The van der Waals surface area contributed by atoms with Crippen LogP contribution in [0.5, 0.6) is 0 Å². The molecular weight excluding hydrogens is 264 g/mol. The second-order valence-electron chi connectivity index (χ2n) is 5.24. The van der Waals surface area contributed by atoms with Crippen LogP contribution in [0.25, 0.3) is 0 Å². The second-order valence-corrected chi connectivity index (χ2v) is 5.24. The van der Waals surface area contributed by atoms with Gasteiger partial charge in [-0.05, 0) is 32.4 Å². The third kappa shape index (κ3) is 4.63. The number of benzene rings is 1. The first kappa shape index (κ1) is 15.1. The second kappa shape index (κ2) is 7.47.